The predicted octanol–water partition coefficient (Wildman–Crippen LogP) is 6.23. The van der Waals surface area contributed by atoms with Crippen LogP contribution in [0.3, 0.4) is 0 Å². The summed E-state index contributed by atoms with van der Waals surface area (Å²) in [5.41, 5.74) is 3.49. The molecule has 0 N–H and O–H groups in total. The van der Waals surface area contributed by atoms with Crippen LogP contribution in [0, 0.1) is 0 Å². The van der Waals surface area contributed by atoms with Crippen molar-refractivity contribution in [2.45, 2.75) is 84.5 Å². The minimum atomic E-state index is 0.244. The lowest BCUT2D eigenvalue weighted by molar-refractivity contribution is 0.444. The number of rotatable bonds is 6. The van der Waals surface area contributed by atoms with Crippen molar-refractivity contribution >= 4 is 0 Å². The number of benzene rings is 1. The first-order valence-corrected chi connectivity index (χ1v) is 7.88. The standard InChI is InChI=1S/C19H32/c1-7-8-9-10-14-19(5,6)17-13-11-12-16(15-17)18(2,3)4/h11-13,15H,7-10,14H2,1-6H3. The predicted molar refractivity (Wildman–Crippen MR) is 86.9 cm³/mol. The molecule has 108 valence electrons. The molecule has 0 aliphatic carbocycles. The molecular formula is C19H32. The maximum absolute atomic E-state index is 2.42. The van der Waals surface area contributed by atoms with Crippen LogP contribution < -0.4 is 0 Å². The molecule has 0 fully saturated rings. The zero-order valence-corrected chi connectivity index (χ0v) is 13.8. The van der Waals surface area contributed by atoms with Crippen LogP contribution >= 0.6 is 0 Å². The van der Waals surface area contributed by atoms with Gasteiger partial charge in [-0.1, -0.05) is 91.5 Å². The quantitative estimate of drug-likeness (QED) is 0.532. The van der Waals surface area contributed by atoms with Crippen molar-refractivity contribution in [3.63, 3.8) is 0 Å². The first-order chi connectivity index (χ1) is 8.77. The summed E-state index contributed by atoms with van der Waals surface area (Å²) in [5, 5.41) is 0. The SMILES string of the molecule is CCCCCCC(C)(C)c1cccc(C(C)(C)C)c1. The van der Waals surface area contributed by atoms with Crippen LogP contribution in [-0.4, -0.2) is 0 Å². The van der Waals surface area contributed by atoms with Crippen LogP contribution in [0.15, 0.2) is 24.3 Å². The molecule has 0 bridgehead atoms. The Morgan fingerprint density at radius 3 is 2.05 bits per heavy atom. The molecule has 1 aromatic rings. The molecule has 19 heavy (non-hydrogen) atoms. The highest BCUT2D eigenvalue weighted by Crippen LogP contribution is 2.32. The van der Waals surface area contributed by atoms with Gasteiger partial charge in [-0.25, -0.2) is 0 Å². The van der Waals surface area contributed by atoms with Crippen molar-refractivity contribution in [2.24, 2.45) is 0 Å². The summed E-state index contributed by atoms with van der Waals surface area (Å²) in [7, 11) is 0. The maximum atomic E-state index is 2.42. The summed E-state index contributed by atoms with van der Waals surface area (Å²) in [6.07, 6.45) is 6.71. The monoisotopic (exact) mass is 260 g/mol. The molecule has 0 saturated carbocycles. The van der Waals surface area contributed by atoms with Crippen LogP contribution in [0.1, 0.15) is 84.8 Å². The Morgan fingerprint density at radius 1 is 0.842 bits per heavy atom. The van der Waals surface area contributed by atoms with Crippen LogP contribution in [0.4, 0.5) is 0 Å². The molecule has 0 aliphatic rings. The van der Waals surface area contributed by atoms with Gasteiger partial charge in [-0.05, 0) is 28.4 Å². The van der Waals surface area contributed by atoms with Crippen LogP contribution in [-0.2, 0) is 10.8 Å². The van der Waals surface area contributed by atoms with Gasteiger partial charge in [0, 0.05) is 0 Å². The Kier molecular flexibility index (Phi) is 5.64. The van der Waals surface area contributed by atoms with E-state index in [9.17, 15) is 0 Å². The van der Waals surface area contributed by atoms with E-state index in [0.29, 0.717) is 5.41 Å². The Bertz CT molecular complexity index is 379. The summed E-state index contributed by atoms with van der Waals surface area (Å²) in [6.45, 7) is 13.9. The number of hydrogen-bond donors (Lipinski definition) is 0. The molecule has 0 spiro atoms. The van der Waals surface area contributed by atoms with E-state index < -0.39 is 0 Å². The Balaban J connectivity index is 2.77. The van der Waals surface area contributed by atoms with E-state index in [1.54, 1.807) is 0 Å². The fourth-order valence-corrected chi connectivity index (χ4v) is 2.54. The average Bonchev–Trinajstić information content (AvgIpc) is 2.34. The molecule has 1 rings (SSSR count). The number of hydrogen-bond acceptors (Lipinski definition) is 0. The third-order valence-corrected chi connectivity index (χ3v) is 4.17. The Labute approximate surface area is 120 Å². The van der Waals surface area contributed by atoms with E-state index >= 15 is 0 Å². The molecule has 0 aliphatic heterocycles. The molecule has 0 atom stereocenters. The second-order valence-corrected chi connectivity index (χ2v) is 7.53. The van der Waals surface area contributed by atoms with Crippen LogP contribution in [0.25, 0.3) is 0 Å². The van der Waals surface area contributed by atoms with E-state index in [4.69, 9.17) is 0 Å². The van der Waals surface area contributed by atoms with E-state index in [2.05, 4.69) is 65.8 Å². The van der Waals surface area contributed by atoms with Crippen molar-refractivity contribution in [2.75, 3.05) is 0 Å². The fraction of sp³-hybridized carbons (Fsp3) is 0.684. The van der Waals surface area contributed by atoms with E-state index in [0.717, 1.165) is 0 Å². The normalized spacial score (nSPS) is 12.7. The van der Waals surface area contributed by atoms with Crippen LogP contribution in [0.5, 0.6) is 0 Å². The minimum absolute atomic E-state index is 0.244. The molecule has 0 radical (unpaired) electrons. The number of unbranched alkanes of at least 4 members (excludes halogenated alkanes) is 3. The van der Waals surface area contributed by atoms with Gasteiger partial charge in [0.15, 0.2) is 0 Å². The van der Waals surface area contributed by atoms with Gasteiger partial charge in [-0.3, -0.25) is 0 Å². The first-order valence-electron chi connectivity index (χ1n) is 7.88. The highest BCUT2D eigenvalue weighted by atomic mass is 14.3. The lowest BCUT2D eigenvalue weighted by Crippen LogP contribution is -2.19. The lowest BCUT2D eigenvalue weighted by Gasteiger charge is -2.28. The van der Waals surface area contributed by atoms with Gasteiger partial charge >= 0.3 is 0 Å². The van der Waals surface area contributed by atoms with Gasteiger partial charge in [0.2, 0.25) is 0 Å². The summed E-state index contributed by atoms with van der Waals surface area (Å²) >= 11 is 0. The highest BCUT2D eigenvalue weighted by Gasteiger charge is 2.22. The third-order valence-electron chi connectivity index (χ3n) is 4.17. The van der Waals surface area contributed by atoms with E-state index in [1.165, 1.54) is 43.2 Å². The summed E-state index contributed by atoms with van der Waals surface area (Å²) < 4.78 is 0. The van der Waals surface area contributed by atoms with Crippen molar-refractivity contribution in [3.8, 4) is 0 Å². The first kappa shape index (κ1) is 16.3. The molecule has 0 amide bonds. The smallest absolute Gasteiger partial charge is 0.0103 e. The molecular weight excluding hydrogens is 228 g/mol. The van der Waals surface area contributed by atoms with Gasteiger partial charge in [-0.2, -0.15) is 0 Å². The lowest BCUT2D eigenvalue weighted by atomic mass is 9.77. The second kappa shape index (κ2) is 6.59. The molecule has 1 aromatic carbocycles. The van der Waals surface area contributed by atoms with Crippen molar-refractivity contribution < 1.29 is 0 Å². The molecule has 0 aromatic heterocycles. The molecule has 0 nitrogen and oxygen atoms in total. The molecule has 0 heterocycles. The Morgan fingerprint density at radius 2 is 1.47 bits per heavy atom. The van der Waals surface area contributed by atoms with Gasteiger partial charge in [0.05, 0.1) is 0 Å². The fourth-order valence-electron chi connectivity index (χ4n) is 2.54. The molecule has 0 saturated heterocycles. The van der Waals surface area contributed by atoms with Crippen LogP contribution in [0.2, 0.25) is 0 Å². The average molecular weight is 260 g/mol. The zero-order valence-electron chi connectivity index (χ0n) is 13.8. The third kappa shape index (κ3) is 5.01. The molecule has 0 heteroatoms. The highest BCUT2D eigenvalue weighted by molar-refractivity contribution is 5.32. The van der Waals surface area contributed by atoms with Crippen molar-refractivity contribution in [1.29, 1.82) is 0 Å². The summed E-state index contributed by atoms with van der Waals surface area (Å²) in [4.78, 5) is 0. The van der Waals surface area contributed by atoms with Gasteiger partial charge < -0.3 is 0 Å². The zero-order chi connectivity index (χ0) is 14.5. The van der Waals surface area contributed by atoms with Crippen molar-refractivity contribution in [1.82, 2.24) is 0 Å². The van der Waals surface area contributed by atoms with E-state index in [-0.39, 0.29) is 5.41 Å². The van der Waals surface area contributed by atoms with Gasteiger partial charge in [0.1, 0.15) is 0 Å². The summed E-state index contributed by atoms with van der Waals surface area (Å²) in [6, 6.07) is 9.20. The largest absolute Gasteiger partial charge is 0.0654 e. The minimum Gasteiger partial charge on any atom is -0.0654 e. The Hall–Kier alpha value is -0.780. The second-order valence-electron chi connectivity index (χ2n) is 7.53. The molecule has 0 unspecified atom stereocenters. The van der Waals surface area contributed by atoms with E-state index in [1.807, 2.05) is 0 Å². The maximum Gasteiger partial charge on any atom is -0.0103 e. The van der Waals surface area contributed by atoms with Crippen molar-refractivity contribution in [3.05, 3.63) is 35.4 Å². The topological polar surface area (TPSA) is 0 Å². The van der Waals surface area contributed by atoms with Gasteiger partial charge in [-0.15, -0.1) is 0 Å². The van der Waals surface area contributed by atoms with Gasteiger partial charge in [0.25, 0.3) is 0 Å². The summed E-state index contributed by atoms with van der Waals surface area (Å²) in [5.74, 6) is 0.